The second kappa shape index (κ2) is 5.98. The lowest BCUT2D eigenvalue weighted by Crippen LogP contribution is -1.85. The van der Waals surface area contributed by atoms with E-state index in [1.165, 1.54) is 11.1 Å². The summed E-state index contributed by atoms with van der Waals surface area (Å²) in [6.45, 7) is 0. The van der Waals surface area contributed by atoms with E-state index in [4.69, 9.17) is 0 Å². The maximum Gasteiger partial charge on any atom is 0.0707 e. The summed E-state index contributed by atoms with van der Waals surface area (Å²) in [4.78, 5) is 4.43. The summed E-state index contributed by atoms with van der Waals surface area (Å²) in [7, 11) is 0. The number of hydrogen-bond acceptors (Lipinski definition) is 1. The van der Waals surface area contributed by atoms with Crippen LogP contribution in [0.1, 0.15) is 11.1 Å². The molecule has 0 atom stereocenters. The summed E-state index contributed by atoms with van der Waals surface area (Å²) in [6.07, 6.45) is 6.09. The first-order valence-electron chi connectivity index (χ1n) is 6.67. The zero-order chi connectivity index (χ0) is 13.6. The molecule has 0 aliphatic rings. The number of pyridine rings is 1. The van der Waals surface area contributed by atoms with Crippen molar-refractivity contribution in [2.24, 2.45) is 0 Å². The monoisotopic (exact) mass is 257 g/mol. The third-order valence-electron chi connectivity index (χ3n) is 3.16. The highest BCUT2D eigenvalue weighted by molar-refractivity contribution is 5.79. The Labute approximate surface area is 119 Å². The van der Waals surface area contributed by atoms with Crippen molar-refractivity contribution in [3.8, 4) is 11.3 Å². The first kappa shape index (κ1) is 12.4. The fourth-order valence-electron chi connectivity index (χ4n) is 2.15. The van der Waals surface area contributed by atoms with Gasteiger partial charge < -0.3 is 0 Å². The first-order valence-corrected chi connectivity index (χ1v) is 6.67. The van der Waals surface area contributed by atoms with Gasteiger partial charge >= 0.3 is 0 Å². The summed E-state index contributed by atoms with van der Waals surface area (Å²) in [5.74, 6) is 0. The van der Waals surface area contributed by atoms with Crippen LogP contribution in [-0.4, -0.2) is 4.98 Å². The van der Waals surface area contributed by atoms with Gasteiger partial charge in [-0.1, -0.05) is 72.8 Å². The number of rotatable bonds is 3. The summed E-state index contributed by atoms with van der Waals surface area (Å²) in [5, 5.41) is 0. The fraction of sp³-hybridized carbons (Fsp3) is 0. The molecule has 0 amide bonds. The van der Waals surface area contributed by atoms with Gasteiger partial charge in [-0.15, -0.1) is 0 Å². The second-order valence-electron chi connectivity index (χ2n) is 4.55. The van der Waals surface area contributed by atoms with Gasteiger partial charge in [-0.05, 0) is 23.3 Å². The molecular formula is C19H15N. The Balaban J connectivity index is 1.97. The Morgan fingerprint density at radius 2 is 1.40 bits per heavy atom. The van der Waals surface area contributed by atoms with Crippen molar-refractivity contribution in [1.29, 1.82) is 0 Å². The summed E-state index contributed by atoms with van der Waals surface area (Å²) in [5.41, 5.74) is 4.53. The quantitative estimate of drug-likeness (QED) is 0.607. The third kappa shape index (κ3) is 2.83. The van der Waals surface area contributed by atoms with Crippen LogP contribution in [0.5, 0.6) is 0 Å². The number of hydrogen-bond donors (Lipinski definition) is 0. The molecule has 0 aliphatic carbocycles. The van der Waals surface area contributed by atoms with Crippen molar-refractivity contribution in [3.05, 3.63) is 90.1 Å². The lowest BCUT2D eigenvalue weighted by molar-refractivity contribution is 1.32. The van der Waals surface area contributed by atoms with Gasteiger partial charge in [0.05, 0.1) is 5.69 Å². The molecule has 1 heteroatoms. The van der Waals surface area contributed by atoms with E-state index in [0.717, 1.165) is 11.3 Å². The van der Waals surface area contributed by atoms with Crippen LogP contribution >= 0.6 is 0 Å². The maximum absolute atomic E-state index is 4.43. The molecule has 0 aliphatic heterocycles. The highest BCUT2D eigenvalue weighted by Gasteiger charge is 2.02. The molecule has 0 spiro atoms. The van der Waals surface area contributed by atoms with Crippen LogP contribution in [0.3, 0.4) is 0 Å². The SMILES string of the molecule is C(=Cc1ccccc1-c1ccccn1)c1ccccc1. The predicted molar refractivity (Wildman–Crippen MR) is 85.0 cm³/mol. The molecule has 0 radical (unpaired) electrons. The minimum absolute atomic E-state index is 1.00. The third-order valence-corrected chi connectivity index (χ3v) is 3.16. The van der Waals surface area contributed by atoms with Crippen molar-refractivity contribution in [1.82, 2.24) is 4.98 Å². The summed E-state index contributed by atoms with van der Waals surface area (Å²) in [6, 6.07) is 24.6. The van der Waals surface area contributed by atoms with Crippen LogP contribution < -0.4 is 0 Å². The van der Waals surface area contributed by atoms with E-state index < -0.39 is 0 Å². The van der Waals surface area contributed by atoms with E-state index in [9.17, 15) is 0 Å². The van der Waals surface area contributed by atoms with Gasteiger partial charge in [-0.25, -0.2) is 0 Å². The number of aromatic nitrogens is 1. The lowest BCUT2D eigenvalue weighted by atomic mass is 10.0. The topological polar surface area (TPSA) is 12.9 Å². The molecule has 1 nitrogen and oxygen atoms in total. The molecule has 0 fully saturated rings. The summed E-state index contributed by atoms with van der Waals surface area (Å²) < 4.78 is 0. The molecule has 1 aromatic heterocycles. The van der Waals surface area contributed by atoms with Crippen LogP contribution in [0.2, 0.25) is 0 Å². The molecule has 20 heavy (non-hydrogen) atoms. The Morgan fingerprint density at radius 1 is 0.650 bits per heavy atom. The van der Waals surface area contributed by atoms with Gasteiger partial charge in [-0.3, -0.25) is 4.98 Å². The van der Waals surface area contributed by atoms with Crippen molar-refractivity contribution in [2.45, 2.75) is 0 Å². The van der Waals surface area contributed by atoms with Gasteiger partial charge in [0.15, 0.2) is 0 Å². The zero-order valence-corrected chi connectivity index (χ0v) is 11.1. The normalized spacial score (nSPS) is 10.8. The van der Waals surface area contributed by atoms with Gasteiger partial charge in [0.25, 0.3) is 0 Å². The van der Waals surface area contributed by atoms with E-state index in [0.29, 0.717) is 0 Å². The maximum atomic E-state index is 4.43. The molecule has 3 aromatic rings. The minimum Gasteiger partial charge on any atom is -0.256 e. The van der Waals surface area contributed by atoms with Crippen LogP contribution in [0.4, 0.5) is 0 Å². The average molecular weight is 257 g/mol. The minimum atomic E-state index is 1.00. The molecule has 96 valence electrons. The lowest BCUT2D eigenvalue weighted by Gasteiger charge is -2.05. The van der Waals surface area contributed by atoms with Crippen LogP contribution in [0, 0.1) is 0 Å². The Hall–Kier alpha value is -2.67. The van der Waals surface area contributed by atoms with E-state index >= 15 is 0 Å². The Kier molecular flexibility index (Phi) is 3.70. The largest absolute Gasteiger partial charge is 0.256 e. The van der Waals surface area contributed by atoms with E-state index in [-0.39, 0.29) is 0 Å². The molecule has 0 bridgehead atoms. The highest BCUT2D eigenvalue weighted by atomic mass is 14.7. The van der Waals surface area contributed by atoms with E-state index in [1.54, 1.807) is 0 Å². The Morgan fingerprint density at radius 3 is 2.20 bits per heavy atom. The van der Waals surface area contributed by atoms with E-state index in [2.05, 4.69) is 47.5 Å². The van der Waals surface area contributed by atoms with Gasteiger partial charge in [-0.2, -0.15) is 0 Å². The molecular weight excluding hydrogens is 242 g/mol. The average Bonchev–Trinajstić information content (AvgIpc) is 2.55. The Bertz CT molecular complexity index is 700. The standard InChI is InChI=1S/C19H15N/c1-2-8-16(9-3-1)13-14-17-10-4-5-11-18(17)19-12-6-7-15-20-19/h1-15H. The molecule has 0 saturated carbocycles. The van der Waals surface area contributed by atoms with E-state index in [1.807, 2.05) is 48.7 Å². The van der Waals surface area contributed by atoms with Gasteiger partial charge in [0.2, 0.25) is 0 Å². The second-order valence-corrected chi connectivity index (χ2v) is 4.55. The molecule has 3 rings (SSSR count). The molecule has 0 N–H and O–H groups in total. The zero-order valence-electron chi connectivity index (χ0n) is 11.1. The van der Waals surface area contributed by atoms with Crippen molar-refractivity contribution in [3.63, 3.8) is 0 Å². The van der Waals surface area contributed by atoms with Crippen LogP contribution in [0.15, 0.2) is 79.0 Å². The summed E-state index contributed by atoms with van der Waals surface area (Å²) >= 11 is 0. The smallest absolute Gasteiger partial charge is 0.0707 e. The predicted octanol–water partition coefficient (Wildman–Crippen LogP) is 4.92. The number of nitrogens with zero attached hydrogens (tertiary/aromatic N) is 1. The van der Waals surface area contributed by atoms with Crippen molar-refractivity contribution in [2.75, 3.05) is 0 Å². The number of benzene rings is 2. The first-order chi connectivity index (χ1) is 9.93. The van der Waals surface area contributed by atoms with Gasteiger partial charge in [0.1, 0.15) is 0 Å². The van der Waals surface area contributed by atoms with Crippen molar-refractivity contribution >= 4 is 12.2 Å². The van der Waals surface area contributed by atoms with Crippen molar-refractivity contribution < 1.29 is 0 Å². The van der Waals surface area contributed by atoms with Gasteiger partial charge in [0, 0.05) is 11.8 Å². The highest BCUT2D eigenvalue weighted by Crippen LogP contribution is 2.23. The molecule has 0 saturated heterocycles. The fourth-order valence-corrected chi connectivity index (χ4v) is 2.15. The molecule has 0 unspecified atom stereocenters. The molecule has 2 aromatic carbocycles. The van der Waals surface area contributed by atoms with Crippen LogP contribution in [-0.2, 0) is 0 Å². The molecule has 1 heterocycles. The van der Waals surface area contributed by atoms with Crippen LogP contribution in [0.25, 0.3) is 23.4 Å².